The zero-order chi connectivity index (χ0) is 16.5. The number of amides is 2. The average Bonchev–Trinajstić information content (AvgIpc) is 2.92. The van der Waals surface area contributed by atoms with Crippen LogP contribution in [0.3, 0.4) is 0 Å². The molecule has 0 bridgehead atoms. The van der Waals surface area contributed by atoms with Gasteiger partial charge in [0.25, 0.3) is 0 Å². The van der Waals surface area contributed by atoms with Gasteiger partial charge in [-0.05, 0) is 26.2 Å². The number of nitrogens with zero attached hydrogens (tertiary/aromatic N) is 1. The molecule has 9 heteroatoms. The molecule has 0 saturated carbocycles. The lowest BCUT2D eigenvalue weighted by Gasteiger charge is -2.34. The summed E-state index contributed by atoms with van der Waals surface area (Å²) in [7, 11) is -6.14. The van der Waals surface area contributed by atoms with E-state index in [1.807, 2.05) is 13.8 Å². The Balaban J connectivity index is 2.07. The Morgan fingerprint density at radius 3 is 2.18 bits per heavy atom. The molecule has 0 spiro atoms. The van der Waals surface area contributed by atoms with E-state index in [0.717, 1.165) is 0 Å². The molecule has 3 unspecified atom stereocenters. The molecule has 0 aliphatic carbocycles. The number of carbonyl (C=O) groups is 1. The standard InChI is InChI=1S/C13H24N2O5S2/c1-3-10(2)15(12-5-7-22(19,20)9-12)13(16)14-11-4-6-21(17,18)8-11/h10-12H,3-9H2,1-2H3,(H,14,16). The molecular formula is C13H24N2O5S2. The van der Waals surface area contributed by atoms with E-state index < -0.39 is 19.7 Å². The maximum atomic E-state index is 12.5. The van der Waals surface area contributed by atoms with Gasteiger partial charge in [0.1, 0.15) is 0 Å². The number of hydrogen-bond acceptors (Lipinski definition) is 5. The van der Waals surface area contributed by atoms with Gasteiger partial charge in [0.15, 0.2) is 19.7 Å². The first-order valence-electron chi connectivity index (χ1n) is 7.63. The summed E-state index contributed by atoms with van der Waals surface area (Å²) in [6.45, 7) is 3.82. The highest BCUT2D eigenvalue weighted by molar-refractivity contribution is 7.91. The second-order valence-corrected chi connectivity index (χ2v) is 10.7. The lowest BCUT2D eigenvalue weighted by molar-refractivity contribution is 0.151. The van der Waals surface area contributed by atoms with Crippen molar-refractivity contribution >= 4 is 25.7 Å². The van der Waals surface area contributed by atoms with Gasteiger partial charge in [-0.25, -0.2) is 21.6 Å². The first-order chi connectivity index (χ1) is 10.1. The highest BCUT2D eigenvalue weighted by Crippen LogP contribution is 2.22. The zero-order valence-electron chi connectivity index (χ0n) is 13.0. The van der Waals surface area contributed by atoms with E-state index in [0.29, 0.717) is 19.3 Å². The molecule has 22 heavy (non-hydrogen) atoms. The van der Waals surface area contributed by atoms with Gasteiger partial charge in [-0.3, -0.25) is 0 Å². The fourth-order valence-corrected chi connectivity index (χ4v) is 6.46. The third-order valence-electron chi connectivity index (χ3n) is 4.46. The summed E-state index contributed by atoms with van der Waals surface area (Å²) < 4.78 is 46.3. The zero-order valence-corrected chi connectivity index (χ0v) is 14.6. The van der Waals surface area contributed by atoms with Gasteiger partial charge in [0.05, 0.1) is 23.0 Å². The Hall–Kier alpha value is -0.830. The predicted octanol–water partition coefficient (Wildman–Crippen LogP) is 0.171. The fourth-order valence-electron chi connectivity index (χ4n) is 3.08. The number of hydrogen-bond donors (Lipinski definition) is 1. The molecule has 2 heterocycles. The van der Waals surface area contributed by atoms with E-state index >= 15 is 0 Å². The van der Waals surface area contributed by atoms with Crippen LogP contribution in [-0.4, -0.2) is 68.9 Å². The summed E-state index contributed by atoms with van der Waals surface area (Å²) in [5, 5.41) is 2.77. The quantitative estimate of drug-likeness (QED) is 0.777. The van der Waals surface area contributed by atoms with Crippen LogP contribution >= 0.6 is 0 Å². The lowest BCUT2D eigenvalue weighted by Crippen LogP contribution is -2.53. The minimum Gasteiger partial charge on any atom is -0.334 e. The third-order valence-corrected chi connectivity index (χ3v) is 7.98. The normalized spacial score (nSPS) is 30.8. The number of urea groups is 1. The summed E-state index contributed by atoms with van der Waals surface area (Å²) in [6, 6.07) is -1.13. The molecule has 0 aromatic heterocycles. The fraction of sp³-hybridized carbons (Fsp3) is 0.923. The van der Waals surface area contributed by atoms with Gasteiger partial charge in [0.2, 0.25) is 0 Å². The van der Waals surface area contributed by atoms with E-state index in [-0.39, 0.29) is 47.2 Å². The van der Waals surface area contributed by atoms with Crippen LogP contribution in [0.25, 0.3) is 0 Å². The largest absolute Gasteiger partial charge is 0.334 e. The molecular weight excluding hydrogens is 328 g/mol. The Labute approximate surface area is 132 Å². The van der Waals surface area contributed by atoms with Crippen LogP contribution in [0, 0.1) is 0 Å². The van der Waals surface area contributed by atoms with Crippen molar-refractivity contribution in [1.29, 1.82) is 0 Å². The van der Waals surface area contributed by atoms with Gasteiger partial charge in [-0.2, -0.15) is 0 Å². The Bertz CT molecular complexity index is 629. The van der Waals surface area contributed by atoms with Crippen LogP contribution in [0.1, 0.15) is 33.1 Å². The van der Waals surface area contributed by atoms with Crippen molar-refractivity contribution in [2.45, 2.75) is 51.2 Å². The van der Waals surface area contributed by atoms with Gasteiger partial charge in [0, 0.05) is 18.1 Å². The molecule has 0 aromatic carbocycles. The Kier molecular flexibility index (Phi) is 5.06. The predicted molar refractivity (Wildman–Crippen MR) is 84.2 cm³/mol. The van der Waals surface area contributed by atoms with Crippen molar-refractivity contribution in [3.8, 4) is 0 Å². The molecule has 2 rings (SSSR count). The van der Waals surface area contributed by atoms with Crippen LogP contribution in [0.4, 0.5) is 4.79 Å². The molecule has 0 aromatic rings. The third kappa shape index (κ3) is 4.13. The van der Waals surface area contributed by atoms with E-state index in [1.54, 1.807) is 4.90 Å². The van der Waals surface area contributed by atoms with Gasteiger partial charge in [-0.15, -0.1) is 0 Å². The highest BCUT2D eigenvalue weighted by Gasteiger charge is 2.38. The van der Waals surface area contributed by atoms with Crippen molar-refractivity contribution in [3.05, 3.63) is 0 Å². The molecule has 128 valence electrons. The van der Waals surface area contributed by atoms with E-state index in [1.165, 1.54) is 0 Å². The number of rotatable bonds is 4. The van der Waals surface area contributed by atoms with Crippen molar-refractivity contribution in [2.75, 3.05) is 23.0 Å². The average molecular weight is 352 g/mol. The van der Waals surface area contributed by atoms with Crippen LogP contribution in [0.2, 0.25) is 0 Å². The number of carbonyl (C=O) groups excluding carboxylic acids is 1. The SMILES string of the molecule is CCC(C)N(C(=O)NC1CCS(=O)(=O)C1)C1CCS(=O)(=O)C1. The van der Waals surface area contributed by atoms with Crippen LogP contribution in [0.15, 0.2) is 0 Å². The van der Waals surface area contributed by atoms with Crippen LogP contribution in [0.5, 0.6) is 0 Å². The van der Waals surface area contributed by atoms with E-state index in [4.69, 9.17) is 0 Å². The smallest absolute Gasteiger partial charge is 0.318 e. The highest BCUT2D eigenvalue weighted by atomic mass is 32.2. The van der Waals surface area contributed by atoms with Crippen LogP contribution in [-0.2, 0) is 19.7 Å². The lowest BCUT2D eigenvalue weighted by atomic mass is 10.1. The first kappa shape index (κ1) is 17.5. The first-order valence-corrected chi connectivity index (χ1v) is 11.3. The Morgan fingerprint density at radius 2 is 1.73 bits per heavy atom. The molecule has 2 amide bonds. The number of sulfone groups is 2. The summed E-state index contributed by atoms with van der Waals surface area (Å²) >= 11 is 0. The van der Waals surface area contributed by atoms with Crippen molar-refractivity contribution < 1.29 is 21.6 Å². The van der Waals surface area contributed by atoms with Crippen molar-refractivity contribution in [3.63, 3.8) is 0 Å². The molecule has 2 fully saturated rings. The second kappa shape index (κ2) is 6.35. The molecule has 3 atom stereocenters. The molecule has 2 aliphatic heterocycles. The summed E-state index contributed by atoms with van der Waals surface area (Å²) in [5.41, 5.74) is 0. The maximum Gasteiger partial charge on any atom is 0.318 e. The van der Waals surface area contributed by atoms with Crippen molar-refractivity contribution in [1.82, 2.24) is 10.2 Å². The second-order valence-electron chi connectivity index (χ2n) is 6.27. The summed E-state index contributed by atoms with van der Waals surface area (Å²) in [4.78, 5) is 14.1. The summed E-state index contributed by atoms with van der Waals surface area (Å²) in [6.07, 6.45) is 1.58. The maximum absolute atomic E-state index is 12.5. The summed E-state index contributed by atoms with van der Waals surface area (Å²) in [5.74, 6) is 0.165. The molecule has 1 N–H and O–H groups in total. The monoisotopic (exact) mass is 352 g/mol. The van der Waals surface area contributed by atoms with Gasteiger partial charge < -0.3 is 10.2 Å². The topological polar surface area (TPSA) is 101 Å². The van der Waals surface area contributed by atoms with E-state index in [9.17, 15) is 21.6 Å². The number of nitrogens with one attached hydrogen (secondary N) is 1. The minimum atomic E-state index is -3.08. The van der Waals surface area contributed by atoms with Crippen LogP contribution < -0.4 is 5.32 Å². The molecule has 2 aliphatic rings. The molecule has 2 saturated heterocycles. The molecule has 0 radical (unpaired) electrons. The van der Waals surface area contributed by atoms with Crippen molar-refractivity contribution in [2.24, 2.45) is 0 Å². The molecule has 7 nitrogen and oxygen atoms in total. The minimum absolute atomic E-state index is 0.00622. The van der Waals surface area contributed by atoms with Gasteiger partial charge in [-0.1, -0.05) is 6.92 Å². The Morgan fingerprint density at radius 1 is 1.14 bits per heavy atom. The van der Waals surface area contributed by atoms with Gasteiger partial charge >= 0.3 is 6.03 Å². The van der Waals surface area contributed by atoms with E-state index in [2.05, 4.69) is 5.32 Å².